The van der Waals surface area contributed by atoms with E-state index in [1.165, 1.54) is 0 Å². The molecule has 1 aliphatic rings. The second-order valence-electron chi connectivity index (χ2n) is 6.22. The van der Waals surface area contributed by atoms with Crippen molar-refractivity contribution in [3.05, 3.63) is 83.2 Å². The number of carbonyl (C=O) groups is 2. The molecule has 0 unspecified atom stereocenters. The van der Waals surface area contributed by atoms with Crippen LogP contribution in [0.1, 0.15) is 27.2 Å². The van der Waals surface area contributed by atoms with Crippen molar-refractivity contribution < 1.29 is 9.59 Å². The highest BCUT2D eigenvalue weighted by atomic mass is 16.2. The molecule has 5 nitrogen and oxygen atoms in total. The Balaban J connectivity index is 1.65. The molecular weight excluding hydrogens is 326 g/mol. The Kier molecular flexibility index (Phi) is 3.89. The number of aromatic nitrogens is 1. The highest BCUT2D eigenvalue weighted by Gasteiger charge is 2.25. The lowest BCUT2D eigenvalue weighted by atomic mass is 10.0. The number of carbonyl (C=O) groups excluding carboxylic acids is 2. The second-order valence-corrected chi connectivity index (χ2v) is 6.22. The fourth-order valence-corrected chi connectivity index (χ4v) is 2.99. The maximum absolute atomic E-state index is 12.6. The van der Waals surface area contributed by atoms with Crippen LogP contribution in [0.2, 0.25) is 0 Å². The van der Waals surface area contributed by atoms with Crippen LogP contribution < -0.4 is 10.6 Å². The van der Waals surface area contributed by atoms with E-state index in [0.717, 1.165) is 22.5 Å². The van der Waals surface area contributed by atoms with E-state index in [9.17, 15) is 9.59 Å². The van der Waals surface area contributed by atoms with Crippen molar-refractivity contribution in [2.24, 2.45) is 0 Å². The van der Waals surface area contributed by atoms with Crippen molar-refractivity contribution >= 4 is 34.8 Å². The quantitative estimate of drug-likeness (QED) is 0.627. The maximum Gasteiger partial charge on any atom is 0.256 e. The van der Waals surface area contributed by atoms with Crippen molar-refractivity contribution in [2.75, 3.05) is 10.6 Å². The van der Waals surface area contributed by atoms with Crippen molar-refractivity contribution in [1.29, 1.82) is 0 Å². The van der Waals surface area contributed by atoms with Crippen LogP contribution in [0.4, 0.5) is 11.4 Å². The summed E-state index contributed by atoms with van der Waals surface area (Å²) in [6, 6.07) is 16.6. The zero-order chi connectivity index (χ0) is 18.1. The summed E-state index contributed by atoms with van der Waals surface area (Å²) in [6.45, 7) is 1.97. The van der Waals surface area contributed by atoms with Crippen molar-refractivity contribution in [1.82, 2.24) is 4.98 Å². The fraction of sp³-hybridized carbons (Fsp3) is 0.0476. The van der Waals surface area contributed by atoms with Crippen molar-refractivity contribution in [2.45, 2.75) is 6.92 Å². The summed E-state index contributed by atoms with van der Waals surface area (Å²) in [4.78, 5) is 27.9. The first-order chi connectivity index (χ1) is 12.6. The summed E-state index contributed by atoms with van der Waals surface area (Å²) in [5, 5.41) is 5.72. The zero-order valence-electron chi connectivity index (χ0n) is 14.2. The number of nitrogens with one attached hydrogen (secondary N) is 3. The Labute approximate surface area is 150 Å². The van der Waals surface area contributed by atoms with Gasteiger partial charge in [-0.2, -0.15) is 0 Å². The molecule has 128 valence electrons. The third kappa shape index (κ3) is 3.02. The summed E-state index contributed by atoms with van der Waals surface area (Å²) in [5.74, 6) is -0.386. The minimum atomic E-state index is -0.211. The lowest BCUT2D eigenvalue weighted by Gasteiger charge is -2.07. The van der Waals surface area contributed by atoms with Crippen LogP contribution in [-0.2, 0) is 4.79 Å². The molecule has 4 rings (SSSR count). The molecule has 1 aliphatic heterocycles. The summed E-state index contributed by atoms with van der Waals surface area (Å²) in [6.07, 6.45) is 3.58. The summed E-state index contributed by atoms with van der Waals surface area (Å²) < 4.78 is 0. The standard InChI is InChI=1S/C21H17N3O2/c1-13-4-2-5-16(10-13)23-20(25)14-7-8-19-17(11-14)18(21(26)24-19)12-15-6-3-9-22-15/h2-12,22H,1H3,(H,23,25)(H,24,26). The number of anilines is 2. The number of aryl methyl sites for hydroxylation is 1. The third-order valence-corrected chi connectivity index (χ3v) is 4.26. The molecule has 26 heavy (non-hydrogen) atoms. The maximum atomic E-state index is 12.6. The lowest BCUT2D eigenvalue weighted by molar-refractivity contribution is -0.110. The van der Waals surface area contributed by atoms with E-state index in [1.807, 2.05) is 43.3 Å². The van der Waals surface area contributed by atoms with E-state index >= 15 is 0 Å². The van der Waals surface area contributed by atoms with E-state index in [0.29, 0.717) is 16.8 Å². The molecule has 0 atom stereocenters. The van der Waals surface area contributed by atoms with Gasteiger partial charge in [-0.3, -0.25) is 9.59 Å². The number of H-pyrrole nitrogens is 1. The first kappa shape index (κ1) is 15.9. The van der Waals surface area contributed by atoms with Crippen molar-refractivity contribution in [3.63, 3.8) is 0 Å². The zero-order valence-corrected chi connectivity index (χ0v) is 14.2. The van der Waals surface area contributed by atoms with Gasteiger partial charge in [-0.25, -0.2) is 0 Å². The molecule has 0 spiro atoms. The predicted molar refractivity (Wildman–Crippen MR) is 103 cm³/mol. The molecule has 0 aliphatic carbocycles. The van der Waals surface area contributed by atoms with Crippen LogP contribution in [0.15, 0.2) is 60.8 Å². The van der Waals surface area contributed by atoms with Gasteiger partial charge < -0.3 is 15.6 Å². The molecule has 2 aromatic carbocycles. The smallest absolute Gasteiger partial charge is 0.256 e. The summed E-state index contributed by atoms with van der Waals surface area (Å²) in [7, 11) is 0. The average molecular weight is 343 g/mol. The van der Waals surface area contributed by atoms with Gasteiger partial charge >= 0.3 is 0 Å². The number of benzene rings is 2. The molecule has 0 fully saturated rings. The topological polar surface area (TPSA) is 74.0 Å². The Morgan fingerprint density at radius 2 is 1.96 bits per heavy atom. The normalized spacial score (nSPS) is 14.2. The molecule has 3 N–H and O–H groups in total. The van der Waals surface area contributed by atoms with Crippen LogP contribution >= 0.6 is 0 Å². The van der Waals surface area contributed by atoms with Crippen LogP contribution in [0.3, 0.4) is 0 Å². The fourth-order valence-electron chi connectivity index (χ4n) is 2.99. The highest BCUT2D eigenvalue weighted by molar-refractivity contribution is 6.35. The van der Waals surface area contributed by atoms with E-state index < -0.39 is 0 Å². The van der Waals surface area contributed by atoms with Crippen LogP contribution in [0.25, 0.3) is 11.6 Å². The predicted octanol–water partition coefficient (Wildman–Crippen LogP) is 4.07. The molecular formula is C21H17N3O2. The highest BCUT2D eigenvalue weighted by Crippen LogP contribution is 2.33. The molecule has 0 saturated carbocycles. The first-order valence-corrected chi connectivity index (χ1v) is 8.29. The average Bonchev–Trinajstić information content (AvgIpc) is 3.23. The van der Waals surface area contributed by atoms with Crippen LogP contribution in [-0.4, -0.2) is 16.8 Å². The number of hydrogen-bond donors (Lipinski definition) is 3. The van der Waals surface area contributed by atoms with Crippen molar-refractivity contribution in [3.8, 4) is 0 Å². The van der Waals surface area contributed by atoms with E-state index in [1.54, 1.807) is 30.5 Å². The summed E-state index contributed by atoms with van der Waals surface area (Å²) >= 11 is 0. The minimum absolute atomic E-state index is 0.175. The van der Waals surface area contributed by atoms with Gasteiger partial charge in [0, 0.05) is 34.4 Å². The van der Waals surface area contributed by atoms with Gasteiger partial charge in [-0.15, -0.1) is 0 Å². The number of aromatic amines is 1. The SMILES string of the molecule is Cc1cccc(NC(=O)c2ccc3c(c2)C(=Cc2ccc[nH]2)C(=O)N3)c1. The van der Waals surface area contributed by atoms with E-state index in [-0.39, 0.29) is 11.8 Å². The Morgan fingerprint density at radius 3 is 2.73 bits per heavy atom. The monoisotopic (exact) mass is 343 g/mol. The second kappa shape index (κ2) is 6.37. The molecule has 0 radical (unpaired) electrons. The Bertz CT molecular complexity index is 1030. The third-order valence-electron chi connectivity index (χ3n) is 4.26. The minimum Gasteiger partial charge on any atom is -0.362 e. The molecule has 2 amide bonds. The van der Waals surface area contributed by atoms with Gasteiger partial charge in [-0.05, 0) is 61.0 Å². The van der Waals surface area contributed by atoms with Gasteiger partial charge in [-0.1, -0.05) is 12.1 Å². The van der Waals surface area contributed by atoms with Crippen LogP contribution in [0, 0.1) is 6.92 Å². The molecule has 5 heteroatoms. The molecule has 0 bridgehead atoms. The van der Waals surface area contributed by atoms with E-state index in [4.69, 9.17) is 0 Å². The van der Waals surface area contributed by atoms with Gasteiger partial charge in [0.25, 0.3) is 11.8 Å². The molecule has 2 heterocycles. The molecule has 3 aromatic rings. The summed E-state index contributed by atoms with van der Waals surface area (Å²) in [5.41, 5.74) is 5.11. The number of fused-ring (bicyclic) bond motifs is 1. The molecule has 1 aromatic heterocycles. The van der Waals surface area contributed by atoms with Gasteiger partial charge in [0.2, 0.25) is 0 Å². The lowest BCUT2D eigenvalue weighted by Crippen LogP contribution is -2.12. The Morgan fingerprint density at radius 1 is 1.08 bits per heavy atom. The Hall–Kier alpha value is -3.60. The number of amides is 2. The van der Waals surface area contributed by atoms with E-state index in [2.05, 4.69) is 15.6 Å². The molecule has 0 saturated heterocycles. The van der Waals surface area contributed by atoms with Gasteiger partial charge in [0.15, 0.2) is 0 Å². The van der Waals surface area contributed by atoms with Gasteiger partial charge in [0.05, 0.1) is 5.57 Å². The van der Waals surface area contributed by atoms with Crippen LogP contribution in [0.5, 0.6) is 0 Å². The number of rotatable bonds is 3. The largest absolute Gasteiger partial charge is 0.362 e. The first-order valence-electron chi connectivity index (χ1n) is 8.29. The number of hydrogen-bond acceptors (Lipinski definition) is 2. The van der Waals surface area contributed by atoms with Gasteiger partial charge in [0.1, 0.15) is 0 Å².